The Labute approximate surface area is 104 Å². The van der Waals surface area contributed by atoms with E-state index >= 15 is 0 Å². The van der Waals surface area contributed by atoms with E-state index in [1.165, 1.54) is 12.8 Å². The highest BCUT2D eigenvalue weighted by Gasteiger charge is 2.27. The Bertz CT molecular complexity index is 548. The minimum absolute atomic E-state index is 0.542. The largest absolute Gasteiger partial charge is 0.496 e. The first-order valence-electron chi connectivity index (χ1n) is 5.53. The van der Waals surface area contributed by atoms with Gasteiger partial charge in [-0.25, -0.2) is 0 Å². The maximum Gasteiger partial charge on any atom is 0.167 e. The van der Waals surface area contributed by atoms with Crippen molar-refractivity contribution < 1.29 is 4.74 Å². The second-order valence-corrected chi connectivity index (χ2v) is 4.57. The summed E-state index contributed by atoms with van der Waals surface area (Å²) in [6.07, 6.45) is 4.17. The van der Waals surface area contributed by atoms with E-state index < -0.39 is 0 Å². The van der Waals surface area contributed by atoms with Crippen LogP contribution in [-0.2, 0) is 0 Å². The standard InChI is InChI=1S/C12H12ClN3O/c1-17-11-6-8(13)2-5-10(11)12-15-14-7-16(12)9-3-4-9/h2,5-7,9H,3-4H2,1H3. The summed E-state index contributed by atoms with van der Waals surface area (Å²) in [5.41, 5.74) is 0.932. The van der Waals surface area contributed by atoms with Crippen molar-refractivity contribution in [2.45, 2.75) is 18.9 Å². The first-order valence-corrected chi connectivity index (χ1v) is 5.91. The van der Waals surface area contributed by atoms with Gasteiger partial charge in [0, 0.05) is 11.1 Å². The molecule has 0 saturated heterocycles. The highest BCUT2D eigenvalue weighted by Crippen LogP contribution is 2.39. The van der Waals surface area contributed by atoms with Gasteiger partial charge in [-0.15, -0.1) is 10.2 Å². The van der Waals surface area contributed by atoms with Crippen molar-refractivity contribution in [1.82, 2.24) is 14.8 Å². The number of ether oxygens (including phenoxy) is 1. The molecule has 0 bridgehead atoms. The molecule has 2 aromatic rings. The molecule has 1 fully saturated rings. The number of aromatic nitrogens is 3. The molecule has 5 heteroatoms. The van der Waals surface area contributed by atoms with Gasteiger partial charge >= 0.3 is 0 Å². The molecule has 0 spiro atoms. The van der Waals surface area contributed by atoms with Gasteiger partial charge in [0.05, 0.1) is 12.7 Å². The maximum atomic E-state index is 5.95. The molecule has 1 aromatic carbocycles. The van der Waals surface area contributed by atoms with Crippen LogP contribution >= 0.6 is 11.6 Å². The van der Waals surface area contributed by atoms with Crippen molar-refractivity contribution in [3.8, 4) is 17.1 Å². The summed E-state index contributed by atoms with van der Waals surface area (Å²) in [4.78, 5) is 0. The van der Waals surface area contributed by atoms with Crippen molar-refractivity contribution in [2.75, 3.05) is 7.11 Å². The van der Waals surface area contributed by atoms with E-state index in [2.05, 4.69) is 14.8 Å². The zero-order valence-electron chi connectivity index (χ0n) is 9.43. The Morgan fingerprint density at radius 2 is 2.24 bits per heavy atom. The average molecular weight is 250 g/mol. The van der Waals surface area contributed by atoms with Gasteiger partial charge in [0.15, 0.2) is 5.82 Å². The number of hydrogen-bond acceptors (Lipinski definition) is 3. The van der Waals surface area contributed by atoms with Crippen LogP contribution in [0.5, 0.6) is 5.75 Å². The first kappa shape index (κ1) is 10.6. The summed E-state index contributed by atoms with van der Waals surface area (Å²) < 4.78 is 7.44. The fourth-order valence-corrected chi connectivity index (χ4v) is 2.07. The molecule has 4 nitrogen and oxygen atoms in total. The smallest absolute Gasteiger partial charge is 0.167 e. The van der Waals surface area contributed by atoms with Crippen LogP contribution in [0.25, 0.3) is 11.4 Å². The quantitative estimate of drug-likeness (QED) is 0.840. The van der Waals surface area contributed by atoms with Gasteiger partial charge in [-0.3, -0.25) is 0 Å². The van der Waals surface area contributed by atoms with Gasteiger partial charge in [-0.1, -0.05) is 11.6 Å². The van der Waals surface area contributed by atoms with Crippen LogP contribution in [0.3, 0.4) is 0 Å². The predicted molar refractivity (Wildman–Crippen MR) is 65.3 cm³/mol. The summed E-state index contributed by atoms with van der Waals surface area (Å²) in [6.45, 7) is 0. The van der Waals surface area contributed by atoms with Crippen molar-refractivity contribution in [3.63, 3.8) is 0 Å². The van der Waals surface area contributed by atoms with Crippen LogP contribution in [-0.4, -0.2) is 21.9 Å². The predicted octanol–water partition coefficient (Wildman–Crippen LogP) is 2.94. The van der Waals surface area contributed by atoms with Crippen LogP contribution in [0.15, 0.2) is 24.5 Å². The molecule has 1 saturated carbocycles. The van der Waals surface area contributed by atoms with Gasteiger partial charge in [-0.2, -0.15) is 0 Å². The topological polar surface area (TPSA) is 39.9 Å². The highest BCUT2D eigenvalue weighted by atomic mass is 35.5. The summed E-state index contributed by atoms with van der Waals surface area (Å²) in [6, 6.07) is 6.10. The third-order valence-corrected chi connectivity index (χ3v) is 3.15. The Balaban J connectivity index is 2.10. The minimum atomic E-state index is 0.542. The van der Waals surface area contributed by atoms with E-state index in [0.29, 0.717) is 11.1 Å². The molecule has 0 unspecified atom stereocenters. The maximum absolute atomic E-state index is 5.95. The molecule has 0 atom stereocenters. The molecule has 88 valence electrons. The van der Waals surface area contributed by atoms with E-state index in [0.717, 1.165) is 17.1 Å². The lowest BCUT2D eigenvalue weighted by Crippen LogP contribution is -1.98. The van der Waals surface area contributed by atoms with E-state index in [1.54, 1.807) is 19.5 Å². The van der Waals surface area contributed by atoms with Gasteiger partial charge < -0.3 is 9.30 Å². The normalized spacial score (nSPS) is 14.9. The lowest BCUT2D eigenvalue weighted by molar-refractivity contribution is 0.416. The van der Waals surface area contributed by atoms with Crippen molar-refractivity contribution in [1.29, 1.82) is 0 Å². The molecule has 0 amide bonds. The number of rotatable bonds is 3. The van der Waals surface area contributed by atoms with Crippen molar-refractivity contribution >= 4 is 11.6 Å². The number of methoxy groups -OCH3 is 1. The number of hydrogen-bond donors (Lipinski definition) is 0. The lowest BCUT2D eigenvalue weighted by atomic mass is 10.2. The summed E-state index contributed by atoms with van der Waals surface area (Å²) in [5, 5.41) is 8.81. The van der Waals surface area contributed by atoms with Crippen molar-refractivity contribution in [2.24, 2.45) is 0 Å². The number of halogens is 1. The number of benzene rings is 1. The summed E-state index contributed by atoms with van der Waals surface area (Å²) >= 11 is 5.95. The molecule has 1 heterocycles. The van der Waals surface area contributed by atoms with Crippen LogP contribution < -0.4 is 4.74 Å². The SMILES string of the molecule is COc1cc(Cl)ccc1-c1nncn1C1CC1. The fraction of sp³-hybridized carbons (Fsp3) is 0.333. The Hall–Kier alpha value is -1.55. The molecular formula is C12H12ClN3O. The van der Waals surface area contributed by atoms with Crippen molar-refractivity contribution in [3.05, 3.63) is 29.5 Å². The van der Waals surface area contributed by atoms with Gasteiger partial charge in [0.25, 0.3) is 0 Å². The molecule has 17 heavy (non-hydrogen) atoms. The van der Waals surface area contributed by atoms with Crippen LogP contribution in [0.1, 0.15) is 18.9 Å². The lowest BCUT2D eigenvalue weighted by Gasteiger charge is -2.09. The second-order valence-electron chi connectivity index (χ2n) is 4.14. The van der Waals surface area contributed by atoms with Gasteiger partial charge in [0.2, 0.25) is 0 Å². The average Bonchev–Trinajstić information content (AvgIpc) is 3.07. The number of nitrogens with zero attached hydrogens (tertiary/aromatic N) is 3. The minimum Gasteiger partial charge on any atom is -0.496 e. The Kier molecular flexibility index (Phi) is 2.52. The zero-order chi connectivity index (χ0) is 11.8. The van der Waals surface area contributed by atoms with E-state index in [1.807, 2.05) is 12.1 Å². The molecule has 0 N–H and O–H groups in total. The molecule has 1 aliphatic rings. The third kappa shape index (κ3) is 1.89. The van der Waals surface area contributed by atoms with Crippen LogP contribution in [0.4, 0.5) is 0 Å². The molecule has 1 aliphatic carbocycles. The molecular weight excluding hydrogens is 238 g/mol. The van der Waals surface area contributed by atoms with Gasteiger partial charge in [0.1, 0.15) is 12.1 Å². The summed E-state index contributed by atoms with van der Waals surface area (Å²) in [7, 11) is 1.63. The second kappa shape index (κ2) is 4.04. The molecule has 3 rings (SSSR count). The monoisotopic (exact) mass is 249 g/mol. The fourth-order valence-electron chi connectivity index (χ4n) is 1.91. The Morgan fingerprint density at radius 3 is 2.94 bits per heavy atom. The zero-order valence-corrected chi connectivity index (χ0v) is 10.2. The summed E-state index contributed by atoms with van der Waals surface area (Å²) in [5.74, 6) is 1.58. The third-order valence-electron chi connectivity index (χ3n) is 2.92. The highest BCUT2D eigenvalue weighted by molar-refractivity contribution is 6.30. The van der Waals surface area contributed by atoms with E-state index in [9.17, 15) is 0 Å². The van der Waals surface area contributed by atoms with Gasteiger partial charge in [-0.05, 0) is 31.0 Å². The van der Waals surface area contributed by atoms with E-state index in [4.69, 9.17) is 16.3 Å². The van der Waals surface area contributed by atoms with Crippen LogP contribution in [0, 0.1) is 0 Å². The van der Waals surface area contributed by atoms with Crippen LogP contribution in [0.2, 0.25) is 5.02 Å². The molecule has 1 aromatic heterocycles. The molecule has 0 aliphatic heterocycles. The van der Waals surface area contributed by atoms with E-state index in [-0.39, 0.29) is 0 Å². The first-order chi connectivity index (χ1) is 8.29. The Morgan fingerprint density at radius 1 is 1.41 bits per heavy atom. The molecule has 0 radical (unpaired) electrons.